The van der Waals surface area contributed by atoms with Crippen molar-refractivity contribution < 1.29 is 9.59 Å². The number of guanidine groups is 1. The van der Waals surface area contributed by atoms with Gasteiger partial charge in [-0.15, -0.1) is 0 Å². The fourth-order valence-corrected chi connectivity index (χ4v) is 3.29. The van der Waals surface area contributed by atoms with Gasteiger partial charge in [-0.25, -0.2) is 4.79 Å². The van der Waals surface area contributed by atoms with Crippen molar-refractivity contribution in [2.75, 3.05) is 26.2 Å². The summed E-state index contributed by atoms with van der Waals surface area (Å²) in [6.07, 6.45) is 1.25. The Labute approximate surface area is 174 Å². The van der Waals surface area contributed by atoms with Crippen LogP contribution < -0.4 is 16.0 Å². The van der Waals surface area contributed by atoms with E-state index in [-0.39, 0.29) is 11.9 Å². The molecule has 160 valence electrons. The third-order valence-corrected chi connectivity index (χ3v) is 5.38. The lowest BCUT2D eigenvalue weighted by molar-refractivity contribution is -0.130. The van der Waals surface area contributed by atoms with E-state index < -0.39 is 5.54 Å². The van der Waals surface area contributed by atoms with Crippen LogP contribution in [0.5, 0.6) is 0 Å². The van der Waals surface area contributed by atoms with E-state index in [1.807, 2.05) is 13.8 Å². The second kappa shape index (κ2) is 10.3. The van der Waals surface area contributed by atoms with Gasteiger partial charge < -0.3 is 16.0 Å². The Morgan fingerprint density at radius 1 is 1.28 bits per heavy atom. The summed E-state index contributed by atoms with van der Waals surface area (Å²) in [7, 11) is 0. The van der Waals surface area contributed by atoms with Gasteiger partial charge in [0.05, 0.1) is 0 Å². The molecule has 1 aromatic rings. The average molecular weight is 402 g/mol. The summed E-state index contributed by atoms with van der Waals surface area (Å²) >= 11 is 0. The van der Waals surface area contributed by atoms with E-state index in [2.05, 4.69) is 59.1 Å². The van der Waals surface area contributed by atoms with Crippen molar-refractivity contribution in [1.29, 1.82) is 0 Å². The highest BCUT2D eigenvalue weighted by molar-refractivity contribution is 6.06. The largest absolute Gasteiger partial charge is 0.357 e. The molecule has 1 saturated heterocycles. The van der Waals surface area contributed by atoms with Gasteiger partial charge in [0.2, 0.25) is 0 Å². The molecule has 1 heterocycles. The van der Waals surface area contributed by atoms with Crippen LogP contribution in [0.2, 0.25) is 0 Å². The number of urea groups is 1. The summed E-state index contributed by atoms with van der Waals surface area (Å²) in [5.74, 6) is 0.933. The van der Waals surface area contributed by atoms with Crippen LogP contribution in [0.4, 0.5) is 4.79 Å². The molecule has 1 aliphatic rings. The molecular weight excluding hydrogens is 366 g/mol. The molecule has 2 unspecified atom stereocenters. The molecule has 7 heteroatoms. The summed E-state index contributed by atoms with van der Waals surface area (Å²) < 4.78 is 0. The number of carbonyl (C=O) groups is 2. The van der Waals surface area contributed by atoms with Crippen LogP contribution >= 0.6 is 0 Å². The Hall–Kier alpha value is -2.57. The number of imide groups is 1. The molecule has 1 aromatic carbocycles. The Bertz CT molecular complexity index is 748. The van der Waals surface area contributed by atoms with Crippen molar-refractivity contribution in [3.63, 3.8) is 0 Å². The number of carbonyl (C=O) groups excluding carboxylic acids is 2. The monoisotopic (exact) mass is 401 g/mol. The van der Waals surface area contributed by atoms with Gasteiger partial charge in [0.1, 0.15) is 5.54 Å². The lowest BCUT2D eigenvalue weighted by atomic mass is 9.99. The van der Waals surface area contributed by atoms with E-state index in [1.165, 1.54) is 16.0 Å². The van der Waals surface area contributed by atoms with Crippen LogP contribution in [-0.2, 0) is 4.79 Å². The van der Waals surface area contributed by atoms with E-state index in [1.54, 1.807) is 6.92 Å². The van der Waals surface area contributed by atoms with E-state index >= 15 is 0 Å². The Balaban J connectivity index is 1.84. The molecule has 29 heavy (non-hydrogen) atoms. The molecule has 0 aromatic heterocycles. The Morgan fingerprint density at radius 3 is 2.66 bits per heavy atom. The number of aliphatic imine (C=N–C) groups is 1. The number of nitrogens with one attached hydrogen (secondary N) is 3. The zero-order valence-electron chi connectivity index (χ0n) is 18.3. The van der Waals surface area contributed by atoms with Crippen molar-refractivity contribution >= 4 is 17.9 Å². The third-order valence-electron chi connectivity index (χ3n) is 5.38. The van der Waals surface area contributed by atoms with Crippen LogP contribution in [0.15, 0.2) is 29.3 Å². The maximum Gasteiger partial charge on any atom is 0.325 e. The fourth-order valence-electron chi connectivity index (χ4n) is 3.29. The van der Waals surface area contributed by atoms with Crippen molar-refractivity contribution in [3.05, 3.63) is 35.4 Å². The van der Waals surface area contributed by atoms with Gasteiger partial charge in [0, 0.05) is 32.1 Å². The first-order chi connectivity index (χ1) is 13.8. The van der Waals surface area contributed by atoms with Crippen LogP contribution in [0.1, 0.15) is 57.6 Å². The Kier molecular flexibility index (Phi) is 8.05. The summed E-state index contributed by atoms with van der Waals surface area (Å²) in [5.41, 5.74) is 1.76. The van der Waals surface area contributed by atoms with Gasteiger partial charge in [-0.05, 0) is 39.2 Å². The molecule has 0 bridgehead atoms. The highest BCUT2D eigenvalue weighted by atomic mass is 16.2. The number of aryl methyl sites for hydroxylation is 1. The van der Waals surface area contributed by atoms with E-state index in [0.29, 0.717) is 38.4 Å². The van der Waals surface area contributed by atoms with Gasteiger partial charge in [0.25, 0.3) is 5.91 Å². The minimum atomic E-state index is -0.771. The SMILES string of the molecule is CCNC(=NCC(C)c1cccc(C)c1)NCCCN1C(=O)NC(C)(CC)C1=O. The van der Waals surface area contributed by atoms with Gasteiger partial charge in [-0.1, -0.05) is 43.7 Å². The smallest absolute Gasteiger partial charge is 0.325 e. The molecule has 3 N–H and O–H groups in total. The topological polar surface area (TPSA) is 85.8 Å². The van der Waals surface area contributed by atoms with Crippen LogP contribution in [0.3, 0.4) is 0 Å². The second-order valence-corrected chi connectivity index (χ2v) is 7.89. The number of hydrogen-bond acceptors (Lipinski definition) is 3. The summed E-state index contributed by atoms with van der Waals surface area (Å²) in [4.78, 5) is 30.5. The number of nitrogens with zero attached hydrogens (tertiary/aromatic N) is 2. The number of hydrogen-bond donors (Lipinski definition) is 3. The second-order valence-electron chi connectivity index (χ2n) is 7.89. The van der Waals surface area contributed by atoms with Crippen molar-refractivity contribution in [2.45, 2.75) is 58.9 Å². The number of amides is 3. The van der Waals surface area contributed by atoms with Gasteiger partial charge in [0.15, 0.2) is 5.96 Å². The maximum absolute atomic E-state index is 12.4. The highest BCUT2D eigenvalue weighted by Gasteiger charge is 2.45. The predicted octanol–water partition coefficient (Wildman–Crippen LogP) is 2.76. The molecule has 0 aliphatic carbocycles. The lowest BCUT2D eigenvalue weighted by Crippen LogP contribution is -2.43. The highest BCUT2D eigenvalue weighted by Crippen LogP contribution is 2.20. The standard InChI is InChI=1S/C22H35N5O2/c1-6-22(5)19(28)27(21(29)26-22)13-9-12-24-20(23-7-2)25-15-17(4)18-11-8-10-16(3)14-18/h8,10-11,14,17H,6-7,9,12-13,15H2,1-5H3,(H,26,29)(H2,23,24,25). The molecule has 7 nitrogen and oxygen atoms in total. The van der Waals surface area contributed by atoms with E-state index in [4.69, 9.17) is 0 Å². The number of benzene rings is 1. The maximum atomic E-state index is 12.4. The molecule has 1 aliphatic heterocycles. The van der Waals surface area contributed by atoms with E-state index in [0.717, 1.165) is 12.5 Å². The van der Waals surface area contributed by atoms with Crippen LogP contribution in [0, 0.1) is 6.92 Å². The fraction of sp³-hybridized carbons (Fsp3) is 0.591. The third kappa shape index (κ3) is 5.95. The normalized spacial score (nSPS) is 20.6. The zero-order chi connectivity index (χ0) is 21.4. The minimum Gasteiger partial charge on any atom is -0.357 e. The lowest BCUT2D eigenvalue weighted by Gasteiger charge is -2.19. The minimum absolute atomic E-state index is 0.141. The average Bonchev–Trinajstić information content (AvgIpc) is 2.92. The molecule has 0 saturated carbocycles. The van der Waals surface area contributed by atoms with Gasteiger partial charge >= 0.3 is 6.03 Å². The first-order valence-corrected chi connectivity index (χ1v) is 10.5. The quantitative estimate of drug-likeness (QED) is 0.257. The van der Waals surface area contributed by atoms with Gasteiger partial charge in [-0.2, -0.15) is 0 Å². The number of rotatable bonds is 9. The van der Waals surface area contributed by atoms with Crippen molar-refractivity contribution in [3.8, 4) is 0 Å². The molecule has 3 amide bonds. The molecule has 0 radical (unpaired) electrons. The van der Waals surface area contributed by atoms with Crippen molar-refractivity contribution in [2.24, 2.45) is 4.99 Å². The molecule has 2 rings (SSSR count). The summed E-state index contributed by atoms with van der Waals surface area (Å²) in [5, 5.41) is 9.33. The van der Waals surface area contributed by atoms with Crippen molar-refractivity contribution in [1.82, 2.24) is 20.9 Å². The predicted molar refractivity (Wildman–Crippen MR) is 117 cm³/mol. The molecular formula is C22H35N5O2. The zero-order valence-corrected chi connectivity index (χ0v) is 18.3. The van der Waals surface area contributed by atoms with Crippen LogP contribution in [-0.4, -0.2) is 54.5 Å². The first-order valence-electron chi connectivity index (χ1n) is 10.5. The molecule has 1 fully saturated rings. The van der Waals surface area contributed by atoms with E-state index in [9.17, 15) is 9.59 Å². The Morgan fingerprint density at radius 2 is 2.03 bits per heavy atom. The van der Waals surface area contributed by atoms with Crippen LogP contribution in [0.25, 0.3) is 0 Å². The van der Waals surface area contributed by atoms with Gasteiger partial charge in [-0.3, -0.25) is 14.7 Å². The first kappa shape index (κ1) is 22.7. The summed E-state index contributed by atoms with van der Waals surface area (Å²) in [6.45, 7) is 12.4. The molecule has 0 spiro atoms. The molecule has 2 atom stereocenters. The summed E-state index contributed by atoms with van der Waals surface area (Å²) in [6, 6.07) is 8.21.